The molecule has 0 spiro atoms. The molecule has 1 heterocycles. The number of hydrogen-bond acceptors (Lipinski definition) is 3. The summed E-state index contributed by atoms with van der Waals surface area (Å²) in [5.74, 6) is -0.00384. The zero-order chi connectivity index (χ0) is 15.8. The van der Waals surface area contributed by atoms with Gasteiger partial charge in [-0.15, -0.1) is 0 Å². The number of benzene rings is 1. The third kappa shape index (κ3) is 3.85. The van der Waals surface area contributed by atoms with E-state index in [0.717, 1.165) is 21.7 Å². The molecule has 0 aliphatic heterocycles. The van der Waals surface area contributed by atoms with Gasteiger partial charge in [0.2, 0.25) is 5.28 Å². The Morgan fingerprint density at radius 1 is 1.10 bits per heavy atom. The highest BCUT2D eigenvalue weighted by Gasteiger charge is 2.33. The van der Waals surface area contributed by atoms with E-state index in [4.69, 9.17) is 11.6 Å². The highest BCUT2D eigenvalue weighted by Crippen LogP contribution is 2.32. The van der Waals surface area contributed by atoms with Gasteiger partial charge in [0.1, 0.15) is 5.82 Å². The molecule has 0 unspecified atom stereocenters. The van der Waals surface area contributed by atoms with E-state index in [0.29, 0.717) is 5.69 Å². The highest BCUT2D eigenvalue weighted by molar-refractivity contribution is 9.10. The molecule has 2 aromatic rings. The minimum atomic E-state index is -4.58. The molecule has 0 aliphatic rings. The maximum atomic E-state index is 12.7. The lowest BCUT2D eigenvalue weighted by Gasteiger charge is -2.14. The van der Waals surface area contributed by atoms with Gasteiger partial charge in [0, 0.05) is 16.2 Å². The van der Waals surface area contributed by atoms with Crippen molar-refractivity contribution in [2.75, 3.05) is 5.32 Å². The van der Waals surface area contributed by atoms with Crippen LogP contribution >= 0.6 is 27.5 Å². The van der Waals surface area contributed by atoms with E-state index in [9.17, 15) is 13.2 Å². The fourth-order valence-corrected chi connectivity index (χ4v) is 2.73. The second-order valence-corrected chi connectivity index (χ2v) is 5.70. The molecule has 3 nitrogen and oxygen atoms in total. The molecule has 1 N–H and O–H groups in total. The van der Waals surface area contributed by atoms with Crippen LogP contribution in [0.25, 0.3) is 0 Å². The third-order valence-corrected chi connectivity index (χ3v) is 3.37. The number of anilines is 2. The first-order chi connectivity index (χ1) is 9.66. The summed E-state index contributed by atoms with van der Waals surface area (Å²) in [7, 11) is 0. The Hall–Kier alpha value is -1.34. The van der Waals surface area contributed by atoms with Gasteiger partial charge in [-0.2, -0.15) is 13.2 Å². The molecule has 1 aromatic heterocycles. The van der Waals surface area contributed by atoms with Gasteiger partial charge >= 0.3 is 6.18 Å². The van der Waals surface area contributed by atoms with Crippen LogP contribution in [-0.2, 0) is 6.18 Å². The second kappa shape index (κ2) is 5.81. The summed E-state index contributed by atoms with van der Waals surface area (Å²) in [6.45, 7) is 3.68. The molecule has 0 saturated carbocycles. The molecule has 0 amide bonds. The van der Waals surface area contributed by atoms with Crippen LogP contribution in [0.4, 0.5) is 24.7 Å². The number of nitrogens with one attached hydrogen (secondary N) is 1. The van der Waals surface area contributed by atoms with Crippen molar-refractivity contribution in [3.05, 3.63) is 44.8 Å². The quantitative estimate of drug-likeness (QED) is 0.721. The van der Waals surface area contributed by atoms with Crippen molar-refractivity contribution in [2.24, 2.45) is 0 Å². The molecule has 0 bridgehead atoms. The number of alkyl halides is 3. The number of aromatic nitrogens is 2. The number of nitrogens with zero attached hydrogens (tertiary/aromatic N) is 2. The van der Waals surface area contributed by atoms with E-state index in [1.54, 1.807) is 0 Å². The van der Waals surface area contributed by atoms with Gasteiger partial charge < -0.3 is 5.32 Å². The van der Waals surface area contributed by atoms with Gasteiger partial charge in [-0.05, 0) is 48.7 Å². The number of halogens is 5. The zero-order valence-corrected chi connectivity index (χ0v) is 13.4. The standard InChI is InChI=1S/C13H10BrClF3N3/c1-6-3-8(14)4-7(2)11(6)20-10-5-9(13(16,17)18)19-12(15)21-10/h3-5H,1-2H3,(H,19,20,21). The van der Waals surface area contributed by atoms with Crippen molar-refractivity contribution in [3.63, 3.8) is 0 Å². The van der Waals surface area contributed by atoms with Gasteiger partial charge in [-0.3, -0.25) is 0 Å². The molecule has 8 heteroatoms. The summed E-state index contributed by atoms with van der Waals surface area (Å²) < 4.78 is 39.0. The molecule has 1 aromatic carbocycles. The molecule has 0 radical (unpaired) electrons. The lowest BCUT2D eigenvalue weighted by atomic mass is 10.1. The number of rotatable bonds is 2. The Labute approximate surface area is 132 Å². The maximum absolute atomic E-state index is 12.7. The Kier molecular flexibility index (Phi) is 4.43. The summed E-state index contributed by atoms with van der Waals surface area (Å²) in [6, 6.07) is 4.53. The Bertz CT molecular complexity index is 666. The molecule has 21 heavy (non-hydrogen) atoms. The van der Waals surface area contributed by atoms with Crippen LogP contribution in [0, 0.1) is 13.8 Å². The van der Waals surface area contributed by atoms with Crippen LogP contribution in [0.3, 0.4) is 0 Å². The monoisotopic (exact) mass is 379 g/mol. The maximum Gasteiger partial charge on any atom is 0.433 e. The van der Waals surface area contributed by atoms with Crippen molar-refractivity contribution in [2.45, 2.75) is 20.0 Å². The Morgan fingerprint density at radius 2 is 1.67 bits per heavy atom. The normalized spacial score (nSPS) is 11.6. The minimum Gasteiger partial charge on any atom is -0.340 e. The molecule has 0 saturated heterocycles. The predicted octanol–water partition coefficient (Wildman–Crippen LogP) is 5.27. The summed E-state index contributed by atoms with van der Waals surface area (Å²) in [6.07, 6.45) is -4.58. The first kappa shape index (κ1) is 16.0. The van der Waals surface area contributed by atoms with Crippen LogP contribution in [0.2, 0.25) is 5.28 Å². The van der Waals surface area contributed by atoms with Crippen LogP contribution in [0.1, 0.15) is 16.8 Å². The summed E-state index contributed by atoms with van der Waals surface area (Å²) >= 11 is 8.92. The van der Waals surface area contributed by atoms with Crippen molar-refractivity contribution in [3.8, 4) is 0 Å². The zero-order valence-electron chi connectivity index (χ0n) is 11.0. The summed E-state index contributed by atoms with van der Waals surface area (Å²) in [4.78, 5) is 6.97. The first-order valence-corrected chi connectivity index (χ1v) is 6.99. The van der Waals surface area contributed by atoms with E-state index in [-0.39, 0.29) is 5.82 Å². The summed E-state index contributed by atoms with van der Waals surface area (Å²) in [5, 5.41) is 2.41. The van der Waals surface area contributed by atoms with Gasteiger partial charge in [0.25, 0.3) is 0 Å². The average Bonchev–Trinajstić information content (AvgIpc) is 2.32. The summed E-state index contributed by atoms with van der Waals surface area (Å²) in [5.41, 5.74) is 1.33. The topological polar surface area (TPSA) is 37.8 Å². The van der Waals surface area contributed by atoms with Crippen LogP contribution in [0.5, 0.6) is 0 Å². The van der Waals surface area contributed by atoms with Crippen molar-refractivity contribution < 1.29 is 13.2 Å². The number of hydrogen-bond donors (Lipinski definition) is 1. The highest BCUT2D eigenvalue weighted by atomic mass is 79.9. The Balaban J connectivity index is 2.43. The van der Waals surface area contributed by atoms with E-state index < -0.39 is 17.2 Å². The van der Waals surface area contributed by atoms with Crippen LogP contribution in [-0.4, -0.2) is 9.97 Å². The van der Waals surface area contributed by atoms with E-state index in [2.05, 4.69) is 31.2 Å². The molecular formula is C13H10BrClF3N3. The van der Waals surface area contributed by atoms with Crippen LogP contribution < -0.4 is 5.32 Å². The smallest absolute Gasteiger partial charge is 0.340 e. The van der Waals surface area contributed by atoms with Gasteiger partial charge in [0.15, 0.2) is 5.69 Å². The molecular weight excluding hydrogens is 371 g/mol. The first-order valence-electron chi connectivity index (χ1n) is 5.82. The number of aryl methyl sites for hydroxylation is 2. The fraction of sp³-hybridized carbons (Fsp3) is 0.231. The Morgan fingerprint density at radius 3 is 2.19 bits per heavy atom. The van der Waals surface area contributed by atoms with Crippen LogP contribution in [0.15, 0.2) is 22.7 Å². The van der Waals surface area contributed by atoms with Crippen molar-refractivity contribution in [1.82, 2.24) is 9.97 Å². The van der Waals surface area contributed by atoms with Crippen molar-refractivity contribution >= 4 is 39.0 Å². The van der Waals surface area contributed by atoms with E-state index in [1.165, 1.54) is 0 Å². The van der Waals surface area contributed by atoms with Crippen molar-refractivity contribution in [1.29, 1.82) is 0 Å². The van der Waals surface area contributed by atoms with E-state index >= 15 is 0 Å². The fourth-order valence-electron chi connectivity index (χ4n) is 1.86. The minimum absolute atomic E-state index is 0.00384. The predicted molar refractivity (Wildman–Crippen MR) is 78.9 cm³/mol. The van der Waals surface area contributed by atoms with Gasteiger partial charge in [-0.25, -0.2) is 9.97 Å². The lowest BCUT2D eigenvalue weighted by molar-refractivity contribution is -0.141. The largest absolute Gasteiger partial charge is 0.433 e. The lowest BCUT2D eigenvalue weighted by Crippen LogP contribution is -2.10. The molecule has 0 fully saturated rings. The molecule has 2 rings (SSSR count). The average molecular weight is 381 g/mol. The molecule has 0 atom stereocenters. The second-order valence-electron chi connectivity index (χ2n) is 4.44. The SMILES string of the molecule is Cc1cc(Br)cc(C)c1Nc1cc(C(F)(F)F)nc(Cl)n1. The molecule has 112 valence electrons. The molecule has 0 aliphatic carbocycles. The third-order valence-electron chi connectivity index (χ3n) is 2.74. The van der Waals surface area contributed by atoms with E-state index in [1.807, 2.05) is 26.0 Å². The van der Waals surface area contributed by atoms with Gasteiger partial charge in [0.05, 0.1) is 0 Å². The van der Waals surface area contributed by atoms with Gasteiger partial charge in [-0.1, -0.05) is 15.9 Å².